The molecule has 0 aromatic heterocycles. The predicted octanol–water partition coefficient (Wildman–Crippen LogP) is 2.64. The fraction of sp³-hybridized carbons (Fsp3) is 0.895. The molecule has 0 aromatic rings. The number of hydrogen-bond acceptors (Lipinski definition) is 3. The van der Waals surface area contributed by atoms with Crippen molar-refractivity contribution in [3.63, 3.8) is 0 Å². The topological polar surface area (TPSA) is 60.7 Å². The summed E-state index contributed by atoms with van der Waals surface area (Å²) in [5, 5.41) is 31.2. The predicted molar refractivity (Wildman–Crippen MR) is 85.1 cm³/mol. The maximum atomic E-state index is 10.8. The van der Waals surface area contributed by atoms with Gasteiger partial charge in [0.15, 0.2) is 0 Å². The van der Waals surface area contributed by atoms with Crippen LogP contribution in [0.5, 0.6) is 0 Å². The first-order valence-corrected chi connectivity index (χ1v) is 9.12. The molecule has 3 nitrogen and oxygen atoms in total. The van der Waals surface area contributed by atoms with E-state index in [0.717, 1.165) is 50.5 Å². The summed E-state index contributed by atoms with van der Waals surface area (Å²) in [7, 11) is 0. The second-order valence-electron chi connectivity index (χ2n) is 8.91. The second kappa shape index (κ2) is 4.81. The number of aliphatic hydroxyl groups is 3. The lowest BCUT2D eigenvalue weighted by Crippen LogP contribution is -2.54. The molecule has 0 radical (unpaired) electrons. The molecule has 0 saturated heterocycles. The van der Waals surface area contributed by atoms with Crippen molar-refractivity contribution in [2.75, 3.05) is 0 Å². The Morgan fingerprint density at radius 1 is 0.955 bits per heavy atom. The molecule has 3 N–H and O–H groups in total. The Kier molecular flexibility index (Phi) is 3.32. The average molecular weight is 306 g/mol. The molecule has 4 rings (SSSR count). The SMILES string of the molecule is C[C@]12CC[C@H]3[C@@H](C[C@@H](O)C4=C[C@@H](O)CC[C@@]43C)[C@@H]1CC[C@@H]2O. The van der Waals surface area contributed by atoms with E-state index in [-0.39, 0.29) is 23.0 Å². The largest absolute Gasteiger partial charge is 0.393 e. The van der Waals surface area contributed by atoms with Crippen LogP contribution in [0.3, 0.4) is 0 Å². The lowest BCUT2D eigenvalue weighted by molar-refractivity contribution is -0.0965. The van der Waals surface area contributed by atoms with Crippen molar-refractivity contribution in [2.45, 2.75) is 77.1 Å². The molecule has 8 atom stereocenters. The zero-order chi connectivity index (χ0) is 15.7. The molecule has 4 aliphatic carbocycles. The van der Waals surface area contributed by atoms with E-state index < -0.39 is 6.10 Å². The van der Waals surface area contributed by atoms with Gasteiger partial charge < -0.3 is 15.3 Å². The lowest BCUT2D eigenvalue weighted by Gasteiger charge is -2.59. The number of aliphatic hydroxyl groups excluding tert-OH is 3. The molecule has 3 saturated carbocycles. The zero-order valence-electron chi connectivity index (χ0n) is 13.8. The minimum Gasteiger partial charge on any atom is -0.393 e. The first kappa shape index (κ1) is 15.2. The van der Waals surface area contributed by atoms with Crippen LogP contribution in [-0.4, -0.2) is 33.6 Å². The molecule has 124 valence electrons. The van der Waals surface area contributed by atoms with Crippen molar-refractivity contribution >= 4 is 0 Å². The van der Waals surface area contributed by atoms with Crippen LogP contribution >= 0.6 is 0 Å². The summed E-state index contributed by atoms with van der Waals surface area (Å²) in [6.07, 6.45) is 7.96. The number of fused-ring (bicyclic) bond motifs is 5. The van der Waals surface area contributed by atoms with Crippen LogP contribution in [0.25, 0.3) is 0 Å². The highest BCUT2D eigenvalue weighted by Gasteiger charge is 2.60. The van der Waals surface area contributed by atoms with Gasteiger partial charge in [-0.15, -0.1) is 0 Å². The van der Waals surface area contributed by atoms with Gasteiger partial charge in [-0.3, -0.25) is 0 Å². The Labute approximate surface area is 133 Å². The summed E-state index contributed by atoms with van der Waals surface area (Å²) < 4.78 is 0. The summed E-state index contributed by atoms with van der Waals surface area (Å²) >= 11 is 0. The molecular weight excluding hydrogens is 276 g/mol. The van der Waals surface area contributed by atoms with Crippen LogP contribution in [0, 0.1) is 28.6 Å². The Morgan fingerprint density at radius 3 is 2.50 bits per heavy atom. The van der Waals surface area contributed by atoms with Gasteiger partial charge in [-0.2, -0.15) is 0 Å². The Morgan fingerprint density at radius 2 is 1.73 bits per heavy atom. The summed E-state index contributed by atoms with van der Waals surface area (Å²) in [6.45, 7) is 4.59. The molecular formula is C19H30O3. The summed E-state index contributed by atoms with van der Waals surface area (Å²) in [5.74, 6) is 1.70. The van der Waals surface area contributed by atoms with Crippen LogP contribution < -0.4 is 0 Å². The van der Waals surface area contributed by atoms with Crippen LogP contribution in [-0.2, 0) is 0 Å². The second-order valence-corrected chi connectivity index (χ2v) is 8.91. The van der Waals surface area contributed by atoms with Gasteiger partial charge in [-0.25, -0.2) is 0 Å². The maximum Gasteiger partial charge on any atom is 0.0759 e. The van der Waals surface area contributed by atoms with E-state index >= 15 is 0 Å². The van der Waals surface area contributed by atoms with Crippen molar-refractivity contribution in [1.29, 1.82) is 0 Å². The standard InChI is InChI=1S/C19H30O3/c1-18-7-5-11(20)9-15(18)16(21)10-12-13-3-4-17(22)19(13,2)8-6-14(12)18/h9,11-14,16-17,20-22H,3-8,10H2,1-2H3/t11-,12-,13-,14-,16+,17-,18+,19-/m0/s1. The molecule has 0 unspecified atom stereocenters. The van der Waals surface area contributed by atoms with Crippen molar-refractivity contribution in [3.05, 3.63) is 11.6 Å². The molecule has 0 aromatic carbocycles. The highest BCUT2D eigenvalue weighted by atomic mass is 16.3. The third-order valence-corrected chi connectivity index (χ3v) is 8.05. The van der Waals surface area contributed by atoms with Crippen LogP contribution in [0.15, 0.2) is 11.6 Å². The Bertz CT molecular complexity index is 501. The molecule has 0 bridgehead atoms. The molecule has 0 spiro atoms. The number of rotatable bonds is 0. The molecule has 0 aliphatic heterocycles. The zero-order valence-corrected chi connectivity index (χ0v) is 13.8. The van der Waals surface area contributed by atoms with Crippen LogP contribution in [0.2, 0.25) is 0 Å². The Hall–Kier alpha value is -0.380. The minimum atomic E-state index is -0.402. The lowest BCUT2D eigenvalue weighted by atomic mass is 9.47. The van der Waals surface area contributed by atoms with Gasteiger partial charge >= 0.3 is 0 Å². The third kappa shape index (κ3) is 1.85. The van der Waals surface area contributed by atoms with Crippen molar-refractivity contribution < 1.29 is 15.3 Å². The van der Waals surface area contributed by atoms with E-state index in [1.165, 1.54) is 0 Å². The third-order valence-electron chi connectivity index (χ3n) is 8.05. The van der Waals surface area contributed by atoms with Gasteiger partial charge in [0.05, 0.1) is 18.3 Å². The summed E-state index contributed by atoms with van der Waals surface area (Å²) in [5.41, 5.74) is 1.22. The van der Waals surface area contributed by atoms with Crippen LogP contribution in [0.1, 0.15) is 58.8 Å². The van der Waals surface area contributed by atoms with Gasteiger partial charge in [-0.1, -0.05) is 19.9 Å². The van der Waals surface area contributed by atoms with Gasteiger partial charge in [0.2, 0.25) is 0 Å². The normalized spacial score (nSPS) is 57.6. The number of hydrogen-bond donors (Lipinski definition) is 3. The molecule has 4 aliphatic rings. The van der Waals surface area contributed by atoms with Crippen molar-refractivity contribution in [3.8, 4) is 0 Å². The van der Waals surface area contributed by atoms with E-state index in [9.17, 15) is 15.3 Å². The summed E-state index contributed by atoms with van der Waals surface area (Å²) in [6, 6.07) is 0. The van der Waals surface area contributed by atoms with Crippen molar-refractivity contribution in [1.82, 2.24) is 0 Å². The summed E-state index contributed by atoms with van der Waals surface area (Å²) in [4.78, 5) is 0. The molecule has 3 fully saturated rings. The molecule has 0 heterocycles. The first-order valence-electron chi connectivity index (χ1n) is 9.12. The van der Waals surface area contributed by atoms with Crippen LogP contribution in [0.4, 0.5) is 0 Å². The fourth-order valence-electron chi connectivity index (χ4n) is 6.73. The van der Waals surface area contributed by atoms with Gasteiger partial charge in [0.1, 0.15) is 0 Å². The van der Waals surface area contributed by atoms with Gasteiger partial charge in [-0.05, 0) is 79.1 Å². The van der Waals surface area contributed by atoms with Crippen molar-refractivity contribution in [2.24, 2.45) is 28.6 Å². The van der Waals surface area contributed by atoms with E-state index in [4.69, 9.17) is 0 Å². The minimum absolute atomic E-state index is 0.0520. The van der Waals surface area contributed by atoms with Gasteiger partial charge in [0, 0.05) is 0 Å². The molecule has 22 heavy (non-hydrogen) atoms. The van der Waals surface area contributed by atoms with E-state index in [1.807, 2.05) is 6.08 Å². The van der Waals surface area contributed by atoms with E-state index in [1.54, 1.807) is 0 Å². The molecule has 3 heteroatoms. The average Bonchev–Trinajstić information content (AvgIpc) is 2.77. The highest BCUT2D eigenvalue weighted by molar-refractivity contribution is 5.29. The maximum absolute atomic E-state index is 10.8. The van der Waals surface area contributed by atoms with Gasteiger partial charge in [0.25, 0.3) is 0 Å². The molecule has 0 amide bonds. The quantitative estimate of drug-likeness (QED) is 0.603. The first-order chi connectivity index (χ1) is 10.4. The Balaban J connectivity index is 1.71. The monoisotopic (exact) mass is 306 g/mol. The smallest absolute Gasteiger partial charge is 0.0759 e. The highest BCUT2D eigenvalue weighted by Crippen LogP contribution is 2.65. The van der Waals surface area contributed by atoms with E-state index in [0.29, 0.717) is 17.8 Å². The van der Waals surface area contributed by atoms with E-state index in [2.05, 4.69) is 13.8 Å². The fourth-order valence-corrected chi connectivity index (χ4v) is 6.73.